The van der Waals surface area contributed by atoms with Crippen LogP contribution in [0.5, 0.6) is 0 Å². The lowest BCUT2D eigenvalue weighted by Gasteiger charge is -2.42. The van der Waals surface area contributed by atoms with Crippen LogP contribution in [-0.2, 0) is 89.1 Å². The molecule has 36 N–H and O–H groups in total. The molecule has 4 fully saturated rings. The van der Waals surface area contributed by atoms with Crippen LogP contribution in [0.1, 0.15) is 73.6 Å². The molecule has 0 aliphatic carbocycles. The highest BCUT2D eigenvalue weighted by molar-refractivity contribution is 5.97. The first-order chi connectivity index (χ1) is 71.3. The third-order valence-electron chi connectivity index (χ3n) is 26.1. The first-order valence-electron chi connectivity index (χ1n) is 48.5. The molecule has 8 bridgehead atoms. The topological polar surface area (TPSA) is 919 Å². The van der Waals surface area contributed by atoms with Gasteiger partial charge in [0.25, 0.3) is 23.6 Å². The lowest BCUT2D eigenvalue weighted by molar-refractivity contribution is -0.326. The molecular weight excluding hydrogens is 2010 g/mol. The second kappa shape index (κ2) is 59.6. The molecule has 56 heteroatoms. The van der Waals surface area contributed by atoms with Crippen molar-refractivity contribution in [2.45, 2.75) is 285 Å². The molecule has 844 valence electrons. The number of nitrogens with zero attached hydrogens (tertiary/aromatic N) is 4. The third-order valence-corrected chi connectivity index (χ3v) is 26.1. The van der Waals surface area contributed by atoms with Gasteiger partial charge < -0.3 is 242 Å². The van der Waals surface area contributed by atoms with Gasteiger partial charge in [-0.2, -0.15) is 0 Å². The van der Waals surface area contributed by atoms with Gasteiger partial charge in [-0.3, -0.25) is 38.4 Å². The zero-order chi connectivity index (χ0) is 111. The van der Waals surface area contributed by atoms with Gasteiger partial charge in [-0.1, -0.05) is 48.5 Å². The van der Waals surface area contributed by atoms with Crippen molar-refractivity contribution in [3.05, 3.63) is 119 Å². The minimum Gasteiger partial charge on any atom is -0.394 e. The van der Waals surface area contributed by atoms with E-state index in [0.717, 1.165) is 0 Å². The molecular formula is C94H140N8O48. The average molecular weight is 2150 g/mol. The SMILES string of the molecule is O=C(NCCC(=O)N1CCCCN(C(=O)CCNC(=O)[C@@H](O)[C@H](O)[C@@H](O[C@@H]2O[C@H](CO)[C@@H](O)[C@H](O)[C@H]2O)[C@@H](O)CO)c2ccc(cc2)Cc2ccc(cc2)N(C(=O)CCNC(=O)[C@@H](O)[C@H](O)[C@@H](O[C@@H]2O[C@H](CO)[C@@H](O)[C@H](O)[C@H]2O)[C@@H](O)CO)CCCCN(C(=O)CCNC(=O)[C@@H](O)[C@H](O)[C@@H](O[C@@H]2O[C@H](CO)[C@@H](O)[C@H](O)[C@H]2O)[C@@H](O)CO)c2ccc(cc2)Cc2ccc1cc2)[C@@H](O)[C@H](O)[C@@H](O[C@@H]1O[C@H](CO)[C@@H](O)[C@H](O)[C@H]1O)[C@@H](O)CO. The number of carbonyl (C=O) groups excluding carboxylic acids is 8. The molecule has 36 atom stereocenters. The van der Waals surface area contributed by atoms with Crippen LogP contribution < -0.4 is 40.9 Å². The van der Waals surface area contributed by atoms with E-state index >= 15 is 0 Å². The molecule has 11 heterocycles. The summed E-state index contributed by atoms with van der Waals surface area (Å²) in [4.78, 5) is 119. The van der Waals surface area contributed by atoms with Crippen molar-refractivity contribution in [1.29, 1.82) is 0 Å². The minimum absolute atomic E-state index is 0.0614. The lowest BCUT2D eigenvalue weighted by Crippen LogP contribution is -2.62. The number of benzene rings is 4. The Kier molecular flexibility index (Phi) is 49.5. The van der Waals surface area contributed by atoms with E-state index in [1.165, 1.54) is 19.6 Å². The fourth-order valence-corrected chi connectivity index (χ4v) is 17.1. The molecule has 0 saturated carbocycles. The largest absolute Gasteiger partial charge is 0.394 e. The summed E-state index contributed by atoms with van der Waals surface area (Å²) in [6.45, 7) is -11.4. The van der Waals surface area contributed by atoms with Crippen LogP contribution >= 0.6 is 0 Å². The minimum atomic E-state index is -2.54. The number of hydrogen-bond donors (Lipinski definition) is 36. The van der Waals surface area contributed by atoms with Crippen molar-refractivity contribution in [2.24, 2.45) is 0 Å². The molecule has 4 aromatic rings. The van der Waals surface area contributed by atoms with Crippen LogP contribution in [0.2, 0.25) is 0 Å². The van der Waals surface area contributed by atoms with Crippen molar-refractivity contribution in [2.75, 3.05) is 125 Å². The number of aliphatic hydroxyl groups is 32. The Bertz CT molecular complexity index is 4220. The molecule has 11 aliphatic rings. The molecule has 0 unspecified atom stereocenters. The molecule has 15 rings (SSSR count). The maximum atomic E-state index is 14.8. The molecule has 0 aromatic heterocycles. The highest BCUT2D eigenvalue weighted by atomic mass is 16.7. The summed E-state index contributed by atoms with van der Waals surface area (Å²) in [5, 5.41) is 346. The van der Waals surface area contributed by atoms with Crippen LogP contribution in [0.15, 0.2) is 97.1 Å². The van der Waals surface area contributed by atoms with Crippen molar-refractivity contribution in [3.8, 4) is 0 Å². The maximum Gasteiger partial charge on any atom is 0.251 e. The number of anilines is 4. The smallest absolute Gasteiger partial charge is 0.251 e. The predicted molar refractivity (Wildman–Crippen MR) is 505 cm³/mol. The van der Waals surface area contributed by atoms with E-state index in [-0.39, 0.29) is 87.5 Å². The van der Waals surface area contributed by atoms with E-state index < -0.39 is 372 Å². The monoisotopic (exact) mass is 2150 g/mol. The molecule has 150 heavy (non-hydrogen) atoms. The Balaban J connectivity index is 1.00. The Morgan fingerprint density at radius 3 is 0.600 bits per heavy atom. The van der Waals surface area contributed by atoms with Crippen LogP contribution in [-0.4, -0.2) is 536 Å². The molecule has 4 aromatic carbocycles. The van der Waals surface area contributed by atoms with Crippen molar-refractivity contribution in [1.82, 2.24) is 21.3 Å². The van der Waals surface area contributed by atoms with E-state index in [4.69, 9.17) is 37.9 Å². The Labute approximate surface area is 856 Å². The van der Waals surface area contributed by atoms with Gasteiger partial charge in [0.05, 0.1) is 52.9 Å². The van der Waals surface area contributed by atoms with Gasteiger partial charge >= 0.3 is 0 Å². The normalized spacial score (nSPS) is 28.7. The lowest BCUT2D eigenvalue weighted by atomic mass is 9.98. The fourth-order valence-electron chi connectivity index (χ4n) is 17.1. The van der Waals surface area contributed by atoms with Gasteiger partial charge in [0.1, 0.15) is 171 Å². The highest BCUT2D eigenvalue weighted by Gasteiger charge is 2.54. The first-order valence-corrected chi connectivity index (χ1v) is 48.5. The van der Waals surface area contributed by atoms with E-state index in [1.54, 1.807) is 97.1 Å². The van der Waals surface area contributed by atoms with Gasteiger partial charge in [0.2, 0.25) is 23.6 Å². The summed E-state index contributed by atoms with van der Waals surface area (Å²) in [6, 6.07) is 25.8. The summed E-state index contributed by atoms with van der Waals surface area (Å²) < 4.78 is 43.0. The molecule has 56 nitrogen and oxygen atoms in total. The van der Waals surface area contributed by atoms with E-state index in [9.17, 15) is 202 Å². The number of hydrogen-bond acceptors (Lipinski definition) is 48. The summed E-state index contributed by atoms with van der Waals surface area (Å²) in [6.07, 6.45) is -77.6. The van der Waals surface area contributed by atoms with Crippen LogP contribution in [0.4, 0.5) is 22.7 Å². The molecule has 4 saturated heterocycles. The zero-order valence-corrected chi connectivity index (χ0v) is 81.0. The van der Waals surface area contributed by atoms with Crippen LogP contribution in [0, 0.1) is 0 Å². The predicted octanol–water partition coefficient (Wildman–Crippen LogP) is -17.5. The summed E-state index contributed by atoms with van der Waals surface area (Å²) >= 11 is 0. The second-order valence-electron chi connectivity index (χ2n) is 36.7. The van der Waals surface area contributed by atoms with Crippen molar-refractivity contribution in [3.63, 3.8) is 0 Å². The highest BCUT2D eigenvalue weighted by Crippen LogP contribution is 2.34. The van der Waals surface area contributed by atoms with E-state index in [1.807, 2.05) is 0 Å². The summed E-state index contributed by atoms with van der Waals surface area (Å²) in [5.41, 5.74) is 3.43. The standard InChI is InChI=1S/C94H140N8O48/c103-35-51(111)83(147-91-79(135)67(123)63(119)55(39-107)143-91)71(127)75(131)87(139)95-25-21-59(115)99-29-1-2-30-100(60(116)22-26-96-88(140)76(132)72(128)84(52(112)36-104)148-92-80(136)68(124)64(120)56(40-108)144-92)48-15-7-44(8-16-48)34-46-11-19-50(20-12-46)102(62(118)24-28-98-90(142)78(134)74(130)86(54(114)38-106)150-94-82(138)70(126)66(122)58(42-110)146-94)32-4-3-31-101(49-17-9-45(10-18-49)33-43-5-13-47(99)14-6-43)61(117)23-27-97-89(141)77(133)73(129)85(53(113)37-105)149-93-81(137)69(125)65(121)57(41-109)145-93/h5-20,51-58,63-86,91-94,103-114,119-138H,1-4,21-42H2,(H,95,139)(H,96,140)(H,97,141)(H,98,142)/t51-,52-,53-,54-,55+,56+,57+,58+,63+,64+,65+,66+,67-,68-,69-,70-,71-,72-,73-,74-,75-,76-,77-,78-,79+,80+,81+,82+,83-,84-,85-,86-,91-,92-,93-,94-/m0/s1. The van der Waals surface area contributed by atoms with Gasteiger partial charge in [0, 0.05) is 101 Å². The number of rotatable bonds is 44. The van der Waals surface area contributed by atoms with Gasteiger partial charge in [-0.05, 0) is 109 Å². The van der Waals surface area contributed by atoms with Crippen LogP contribution in [0.3, 0.4) is 0 Å². The first kappa shape index (κ1) is 125. The van der Waals surface area contributed by atoms with Gasteiger partial charge in [-0.25, -0.2) is 0 Å². The number of carbonyl (C=O) groups is 8. The second-order valence-corrected chi connectivity index (χ2v) is 36.7. The van der Waals surface area contributed by atoms with Crippen molar-refractivity contribution >= 4 is 70.0 Å². The molecule has 0 spiro atoms. The maximum absolute atomic E-state index is 14.8. The van der Waals surface area contributed by atoms with Gasteiger partial charge in [-0.15, -0.1) is 0 Å². The fraction of sp³-hybridized carbons (Fsp3) is 0.660. The quantitative estimate of drug-likeness (QED) is 0.0195. The average Bonchev–Trinajstić information content (AvgIpc) is 0.808. The van der Waals surface area contributed by atoms with Crippen LogP contribution in [0.25, 0.3) is 0 Å². The van der Waals surface area contributed by atoms with E-state index in [2.05, 4.69) is 21.3 Å². The Morgan fingerprint density at radius 2 is 0.440 bits per heavy atom. The molecule has 0 radical (unpaired) electrons. The van der Waals surface area contributed by atoms with Crippen molar-refractivity contribution < 1.29 is 240 Å². The van der Waals surface area contributed by atoms with Gasteiger partial charge in [0.15, 0.2) is 49.6 Å². The Morgan fingerprint density at radius 1 is 0.267 bits per heavy atom. The zero-order valence-electron chi connectivity index (χ0n) is 81.0. The summed E-state index contributed by atoms with van der Waals surface area (Å²) in [7, 11) is 0. The number of ether oxygens (including phenoxy) is 8. The molecule has 8 amide bonds. The summed E-state index contributed by atoms with van der Waals surface area (Å²) in [5.74, 6) is -8.25. The number of amides is 8. The Hall–Kier alpha value is -8.96. The molecule has 11 aliphatic heterocycles. The number of aliphatic hydroxyl groups excluding tert-OH is 32. The third kappa shape index (κ3) is 32.6. The number of nitrogens with one attached hydrogen (secondary N) is 4. The van der Waals surface area contributed by atoms with E-state index in [0.29, 0.717) is 22.3 Å².